The van der Waals surface area contributed by atoms with Crippen LogP contribution in [0, 0.1) is 12.7 Å². The van der Waals surface area contributed by atoms with Crippen molar-refractivity contribution in [3.63, 3.8) is 0 Å². The fourth-order valence-electron chi connectivity index (χ4n) is 1.93. The van der Waals surface area contributed by atoms with Crippen LogP contribution in [0.2, 0.25) is 0 Å². The van der Waals surface area contributed by atoms with E-state index in [-0.39, 0.29) is 23.3 Å². The summed E-state index contributed by atoms with van der Waals surface area (Å²) in [5.41, 5.74) is 1.82. The predicted molar refractivity (Wildman–Crippen MR) is 80.2 cm³/mol. The molecule has 0 aliphatic carbocycles. The Morgan fingerprint density at radius 3 is 2.55 bits per heavy atom. The molecule has 0 aliphatic rings. The minimum Gasteiger partial charge on any atom is -0.350 e. The highest BCUT2D eigenvalue weighted by Gasteiger charge is 2.18. The van der Waals surface area contributed by atoms with Crippen LogP contribution in [0.5, 0.6) is 0 Å². The van der Waals surface area contributed by atoms with Crippen molar-refractivity contribution < 1.29 is 9.18 Å². The number of aryl methyl sites for hydroxylation is 1. The van der Waals surface area contributed by atoms with Gasteiger partial charge in [-0.2, -0.15) is 0 Å². The minimum atomic E-state index is -0.241. The van der Waals surface area contributed by atoms with E-state index >= 15 is 0 Å². The fraction of sp³-hybridized carbons (Fsp3) is 0.562. The maximum Gasteiger partial charge on any atom is 0.237 e. The van der Waals surface area contributed by atoms with E-state index in [4.69, 9.17) is 0 Å². The summed E-state index contributed by atoms with van der Waals surface area (Å²) < 4.78 is 13.0. The zero-order valence-corrected chi connectivity index (χ0v) is 13.0. The molecule has 0 radical (unpaired) electrons. The third kappa shape index (κ3) is 5.70. The Morgan fingerprint density at radius 2 is 2.00 bits per heavy atom. The van der Waals surface area contributed by atoms with E-state index in [0.717, 1.165) is 17.5 Å². The van der Waals surface area contributed by atoms with Crippen molar-refractivity contribution >= 4 is 5.91 Å². The SMILES string of the molecule is Cc1cc(F)ccc1CCNC(C)C(=O)NC(C)(C)C. The average Bonchev–Trinajstić information content (AvgIpc) is 2.29. The molecule has 1 aromatic rings. The van der Waals surface area contributed by atoms with Crippen LogP contribution in [-0.4, -0.2) is 24.0 Å². The fourth-order valence-corrected chi connectivity index (χ4v) is 1.93. The molecule has 0 aliphatic heterocycles. The molecule has 1 aromatic carbocycles. The van der Waals surface area contributed by atoms with Gasteiger partial charge in [-0.05, 0) is 70.8 Å². The minimum absolute atomic E-state index is 0.00618. The molecule has 0 fully saturated rings. The van der Waals surface area contributed by atoms with E-state index in [2.05, 4.69) is 10.6 Å². The molecule has 0 spiro atoms. The van der Waals surface area contributed by atoms with Crippen LogP contribution >= 0.6 is 0 Å². The van der Waals surface area contributed by atoms with Gasteiger partial charge in [0, 0.05) is 5.54 Å². The molecule has 1 atom stereocenters. The topological polar surface area (TPSA) is 41.1 Å². The number of benzene rings is 1. The predicted octanol–water partition coefficient (Wildman–Crippen LogP) is 2.57. The first-order valence-electron chi connectivity index (χ1n) is 6.99. The number of nitrogens with one attached hydrogen (secondary N) is 2. The Morgan fingerprint density at radius 1 is 1.35 bits per heavy atom. The molecule has 0 saturated heterocycles. The quantitative estimate of drug-likeness (QED) is 0.870. The number of halogens is 1. The van der Waals surface area contributed by atoms with Crippen LogP contribution in [0.1, 0.15) is 38.8 Å². The smallest absolute Gasteiger partial charge is 0.237 e. The first-order valence-corrected chi connectivity index (χ1v) is 6.99. The lowest BCUT2D eigenvalue weighted by atomic mass is 10.1. The highest BCUT2D eigenvalue weighted by Crippen LogP contribution is 2.10. The Kier molecular flexibility index (Phi) is 5.69. The molecule has 112 valence electrons. The third-order valence-electron chi connectivity index (χ3n) is 3.04. The van der Waals surface area contributed by atoms with Crippen LogP contribution in [0.15, 0.2) is 18.2 Å². The van der Waals surface area contributed by atoms with Gasteiger partial charge in [0.05, 0.1) is 6.04 Å². The lowest BCUT2D eigenvalue weighted by molar-refractivity contribution is -0.124. The molecule has 4 heteroatoms. The zero-order chi connectivity index (χ0) is 15.3. The highest BCUT2D eigenvalue weighted by atomic mass is 19.1. The largest absolute Gasteiger partial charge is 0.350 e. The van der Waals surface area contributed by atoms with E-state index in [1.807, 2.05) is 34.6 Å². The highest BCUT2D eigenvalue weighted by molar-refractivity contribution is 5.81. The maximum atomic E-state index is 13.0. The van der Waals surface area contributed by atoms with Crippen molar-refractivity contribution in [3.05, 3.63) is 35.1 Å². The second-order valence-electron chi connectivity index (χ2n) is 6.24. The number of amides is 1. The Balaban J connectivity index is 2.42. The number of carbonyl (C=O) groups is 1. The molecule has 2 N–H and O–H groups in total. The molecule has 1 amide bonds. The first-order chi connectivity index (χ1) is 9.19. The standard InChI is InChI=1S/C16H25FN2O/c1-11-10-14(17)7-6-13(11)8-9-18-12(2)15(20)19-16(3,4)5/h6-7,10,12,18H,8-9H2,1-5H3,(H,19,20). The van der Waals surface area contributed by atoms with Gasteiger partial charge in [-0.25, -0.2) is 4.39 Å². The summed E-state index contributed by atoms with van der Waals surface area (Å²) in [6, 6.07) is 4.56. The second kappa shape index (κ2) is 6.84. The molecular formula is C16H25FN2O. The summed E-state index contributed by atoms with van der Waals surface area (Å²) in [7, 11) is 0. The first kappa shape index (κ1) is 16.6. The van der Waals surface area contributed by atoms with Gasteiger partial charge in [0.15, 0.2) is 0 Å². The Labute approximate surface area is 121 Å². The average molecular weight is 280 g/mol. The van der Waals surface area contributed by atoms with E-state index < -0.39 is 0 Å². The van der Waals surface area contributed by atoms with Crippen LogP contribution in [-0.2, 0) is 11.2 Å². The molecule has 0 heterocycles. The van der Waals surface area contributed by atoms with Crippen molar-refractivity contribution in [2.75, 3.05) is 6.54 Å². The summed E-state index contributed by atoms with van der Waals surface area (Å²) in [4.78, 5) is 11.9. The van der Waals surface area contributed by atoms with Crippen molar-refractivity contribution in [3.8, 4) is 0 Å². The summed E-state index contributed by atoms with van der Waals surface area (Å²) in [5, 5.41) is 6.12. The number of carbonyl (C=O) groups excluding carboxylic acids is 1. The van der Waals surface area contributed by atoms with E-state index in [1.54, 1.807) is 6.07 Å². The molecular weight excluding hydrogens is 255 g/mol. The van der Waals surface area contributed by atoms with Crippen molar-refractivity contribution in [1.29, 1.82) is 0 Å². The molecule has 1 unspecified atom stereocenters. The maximum absolute atomic E-state index is 13.0. The number of hydrogen-bond acceptors (Lipinski definition) is 2. The van der Waals surface area contributed by atoms with E-state index in [9.17, 15) is 9.18 Å². The van der Waals surface area contributed by atoms with Crippen LogP contribution in [0.3, 0.4) is 0 Å². The number of rotatable bonds is 5. The molecule has 0 bridgehead atoms. The normalized spacial score (nSPS) is 13.1. The monoisotopic (exact) mass is 280 g/mol. The van der Waals surface area contributed by atoms with Gasteiger partial charge in [-0.1, -0.05) is 6.07 Å². The van der Waals surface area contributed by atoms with Crippen molar-refractivity contribution in [2.45, 2.75) is 52.6 Å². The van der Waals surface area contributed by atoms with Gasteiger partial charge < -0.3 is 10.6 Å². The van der Waals surface area contributed by atoms with Crippen molar-refractivity contribution in [1.82, 2.24) is 10.6 Å². The lowest BCUT2D eigenvalue weighted by Gasteiger charge is -2.23. The van der Waals surface area contributed by atoms with E-state index in [1.165, 1.54) is 12.1 Å². The molecule has 0 saturated carbocycles. The molecule has 3 nitrogen and oxygen atoms in total. The van der Waals surface area contributed by atoms with Crippen LogP contribution in [0.4, 0.5) is 4.39 Å². The zero-order valence-electron chi connectivity index (χ0n) is 13.0. The Bertz CT molecular complexity index is 466. The summed E-state index contributed by atoms with van der Waals surface area (Å²) in [6.45, 7) is 10.3. The lowest BCUT2D eigenvalue weighted by Crippen LogP contribution is -2.49. The van der Waals surface area contributed by atoms with Crippen LogP contribution in [0.25, 0.3) is 0 Å². The number of hydrogen-bond donors (Lipinski definition) is 2. The molecule has 0 aromatic heterocycles. The van der Waals surface area contributed by atoms with Crippen LogP contribution < -0.4 is 10.6 Å². The van der Waals surface area contributed by atoms with Gasteiger partial charge in [0.25, 0.3) is 0 Å². The third-order valence-corrected chi connectivity index (χ3v) is 3.04. The van der Waals surface area contributed by atoms with Gasteiger partial charge in [0.2, 0.25) is 5.91 Å². The summed E-state index contributed by atoms with van der Waals surface area (Å²) >= 11 is 0. The molecule has 1 rings (SSSR count). The van der Waals surface area contributed by atoms with Crippen molar-refractivity contribution in [2.24, 2.45) is 0 Å². The van der Waals surface area contributed by atoms with E-state index in [0.29, 0.717) is 6.54 Å². The van der Waals surface area contributed by atoms with Gasteiger partial charge in [-0.15, -0.1) is 0 Å². The Hall–Kier alpha value is -1.42. The second-order valence-corrected chi connectivity index (χ2v) is 6.24. The summed E-state index contributed by atoms with van der Waals surface area (Å²) in [5.74, 6) is -0.217. The summed E-state index contributed by atoms with van der Waals surface area (Å²) in [6.07, 6.45) is 0.777. The van der Waals surface area contributed by atoms with Gasteiger partial charge >= 0.3 is 0 Å². The van der Waals surface area contributed by atoms with Gasteiger partial charge in [0.1, 0.15) is 5.82 Å². The van der Waals surface area contributed by atoms with Gasteiger partial charge in [-0.3, -0.25) is 4.79 Å². The molecule has 20 heavy (non-hydrogen) atoms.